The molecule has 1 aromatic carbocycles. The van der Waals surface area contributed by atoms with Gasteiger partial charge in [0, 0.05) is 0 Å². The van der Waals surface area contributed by atoms with Crippen LogP contribution >= 0.6 is 15.9 Å². The maximum Gasteiger partial charge on any atom is 0.344 e. The summed E-state index contributed by atoms with van der Waals surface area (Å²) in [5, 5.41) is 9.07. The van der Waals surface area contributed by atoms with Gasteiger partial charge in [-0.1, -0.05) is 19.4 Å². The van der Waals surface area contributed by atoms with Crippen LogP contribution in [0.3, 0.4) is 0 Å². The summed E-state index contributed by atoms with van der Waals surface area (Å²) in [6.45, 7) is 4.00. The van der Waals surface area contributed by atoms with Crippen molar-refractivity contribution in [3.8, 4) is 5.75 Å². The number of aryl methyl sites for hydroxylation is 1. The summed E-state index contributed by atoms with van der Waals surface area (Å²) < 4.78 is 6.31. The van der Waals surface area contributed by atoms with E-state index < -0.39 is 12.1 Å². The van der Waals surface area contributed by atoms with Gasteiger partial charge in [-0.3, -0.25) is 0 Å². The Hall–Kier alpha value is -1.03. The average Bonchev–Trinajstić information content (AvgIpc) is 2.26. The number of hydrogen-bond donors (Lipinski definition) is 1. The fourth-order valence-electron chi connectivity index (χ4n) is 1.48. The van der Waals surface area contributed by atoms with Gasteiger partial charge >= 0.3 is 5.97 Å². The molecule has 4 heteroatoms. The van der Waals surface area contributed by atoms with Gasteiger partial charge in [-0.05, 0) is 53.4 Å². The van der Waals surface area contributed by atoms with Crippen LogP contribution < -0.4 is 4.74 Å². The van der Waals surface area contributed by atoms with Crippen molar-refractivity contribution in [2.75, 3.05) is 0 Å². The van der Waals surface area contributed by atoms with E-state index in [0.29, 0.717) is 12.2 Å². The predicted molar refractivity (Wildman–Crippen MR) is 70.5 cm³/mol. The fourth-order valence-corrected chi connectivity index (χ4v) is 2.06. The van der Waals surface area contributed by atoms with E-state index in [9.17, 15) is 4.79 Å². The van der Waals surface area contributed by atoms with Crippen LogP contribution in [-0.4, -0.2) is 17.2 Å². The normalized spacial score (nSPS) is 12.2. The lowest BCUT2D eigenvalue weighted by atomic mass is 10.1. The summed E-state index contributed by atoms with van der Waals surface area (Å²) in [5.74, 6) is -0.329. The summed E-state index contributed by atoms with van der Waals surface area (Å²) >= 11 is 3.37. The van der Waals surface area contributed by atoms with E-state index in [2.05, 4.69) is 15.9 Å². The molecular formula is C13H17BrO3. The zero-order valence-corrected chi connectivity index (χ0v) is 11.7. The summed E-state index contributed by atoms with van der Waals surface area (Å²) in [7, 11) is 0. The molecule has 0 aliphatic carbocycles. The Morgan fingerprint density at radius 2 is 2.24 bits per heavy atom. The van der Waals surface area contributed by atoms with E-state index in [1.54, 1.807) is 6.07 Å². The molecule has 0 aliphatic heterocycles. The molecule has 94 valence electrons. The third kappa shape index (κ3) is 4.38. The number of rotatable bonds is 6. The van der Waals surface area contributed by atoms with E-state index in [1.807, 2.05) is 26.0 Å². The molecular weight excluding hydrogens is 284 g/mol. The Bertz CT molecular complexity index is 390. The lowest BCUT2D eigenvalue weighted by molar-refractivity contribution is -0.145. The van der Waals surface area contributed by atoms with E-state index >= 15 is 0 Å². The lowest BCUT2D eigenvalue weighted by Crippen LogP contribution is -2.27. The number of aliphatic carboxylic acids is 1. The molecule has 1 rings (SSSR count). The van der Waals surface area contributed by atoms with E-state index in [4.69, 9.17) is 9.84 Å². The Balaban J connectivity index is 2.75. The van der Waals surface area contributed by atoms with Crippen LogP contribution in [0.1, 0.15) is 31.7 Å². The largest absolute Gasteiger partial charge is 0.479 e. The quantitative estimate of drug-likeness (QED) is 0.869. The Morgan fingerprint density at radius 1 is 1.53 bits per heavy atom. The summed E-state index contributed by atoms with van der Waals surface area (Å²) in [6, 6.07) is 5.61. The van der Waals surface area contributed by atoms with E-state index in [0.717, 1.165) is 22.9 Å². The molecule has 0 aromatic heterocycles. The second-order valence-electron chi connectivity index (χ2n) is 4.02. The molecule has 0 bridgehead atoms. The number of hydrogen-bond acceptors (Lipinski definition) is 2. The second-order valence-corrected chi connectivity index (χ2v) is 4.88. The summed E-state index contributed by atoms with van der Waals surface area (Å²) in [4.78, 5) is 11.0. The van der Waals surface area contributed by atoms with Gasteiger partial charge in [0.1, 0.15) is 5.75 Å². The van der Waals surface area contributed by atoms with Crippen LogP contribution in [0.2, 0.25) is 0 Å². The van der Waals surface area contributed by atoms with Gasteiger partial charge in [0.25, 0.3) is 0 Å². The number of carboxylic acid groups (broad SMARTS) is 1. The first-order chi connectivity index (χ1) is 8.04. The molecule has 0 heterocycles. The molecule has 0 radical (unpaired) electrons. The first-order valence-corrected chi connectivity index (χ1v) is 6.49. The average molecular weight is 301 g/mol. The van der Waals surface area contributed by atoms with E-state index in [-0.39, 0.29) is 0 Å². The molecule has 0 saturated carbocycles. The molecule has 0 amide bonds. The highest BCUT2D eigenvalue weighted by Gasteiger charge is 2.19. The number of carboxylic acids is 1. The van der Waals surface area contributed by atoms with Crippen molar-refractivity contribution in [1.29, 1.82) is 0 Å². The Kier molecular flexibility index (Phi) is 5.48. The number of benzene rings is 1. The number of unbranched alkanes of at least 4 members (excludes halogenated alkanes) is 1. The minimum Gasteiger partial charge on any atom is -0.479 e. The maximum absolute atomic E-state index is 11.0. The van der Waals surface area contributed by atoms with Crippen molar-refractivity contribution >= 4 is 21.9 Å². The molecule has 0 saturated heterocycles. The molecule has 0 aliphatic rings. The number of halogens is 1. The summed E-state index contributed by atoms with van der Waals surface area (Å²) in [6.07, 6.45) is 1.57. The highest BCUT2D eigenvalue weighted by molar-refractivity contribution is 9.10. The van der Waals surface area contributed by atoms with Crippen LogP contribution in [0.5, 0.6) is 5.75 Å². The van der Waals surface area contributed by atoms with Gasteiger partial charge in [0.05, 0.1) is 4.47 Å². The van der Waals surface area contributed by atoms with Crippen LogP contribution in [0.4, 0.5) is 0 Å². The Labute approximate surface area is 110 Å². The molecule has 1 unspecified atom stereocenters. The highest BCUT2D eigenvalue weighted by atomic mass is 79.9. The zero-order chi connectivity index (χ0) is 12.8. The van der Waals surface area contributed by atoms with Gasteiger partial charge in [-0.15, -0.1) is 0 Å². The van der Waals surface area contributed by atoms with E-state index in [1.165, 1.54) is 0 Å². The first kappa shape index (κ1) is 14.0. The molecule has 0 fully saturated rings. The van der Waals surface area contributed by atoms with Crippen molar-refractivity contribution in [3.63, 3.8) is 0 Å². The van der Waals surface area contributed by atoms with Crippen molar-refractivity contribution in [3.05, 3.63) is 28.2 Å². The van der Waals surface area contributed by atoms with Crippen molar-refractivity contribution in [1.82, 2.24) is 0 Å². The maximum atomic E-state index is 11.0. The van der Waals surface area contributed by atoms with Crippen molar-refractivity contribution < 1.29 is 14.6 Å². The van der Waals surface area contributed by atoms with Gasteiger partial charge in [0.15, 0.2) is 6.10 Å². The SMILES string of the molecule is CCCCC(Oc1ccc(C)cc1Br)C(=O)O. The van der Waals surface area contributed by atoms with Gasteiger partial charge in [-0.25, -0.2) is 4.79 Å². The monoisotopic (exact) mass is 300 g/mol. The minimum atomic E-state index is -0.911. The van der Waals surface area contributed by atoms with Gasteiger partial charge < -0.3 is 9.84 Å². The van der Waals surface area contributed by atoms with Crippen molar-refractivity contribution in [2.24, 2.45) is 0 Å². The molecule has 0 spiro atoms. The Morgan fingerprint density at radius 3 is 2.76 bits per heavy atom. The first-order valence-electron chi connectivity index (χ1n) is 5.70. The topological polar surface area (TPSA) is 46.5 Å². The lowest BCUT2D eigenvalue weighted by Gasteiger charge is -2.16. The zero-order valence-electron chi connectivity index (χ0n) is 10.1. The van der Waals surface area contributed by atoms with Crippen LogP contribution in [0, 0.1) is 6.92 Å². The number of carbonyl (C=O) groups is 1. The minimum absolute atomic E-state index is 0.534. The third-order valence-electron chi connectivity index (χ3n) is 2.45. The summed E-state index contributed by atoms with van der Waals surface area (Å²) in [5.41, 5.74) is 1.10. The standard InChI is InChI=1S/C13H17BrO3/c1-3-4-5-12(13(15)16)17-11-7-6-9(2)8-10(11)14/h6-8,12H,3-5H2,1-2H3,(H,15,16). The van der Waals surface area contributed by atoms with Gasteiger partial charge in [-0.2, -0.15) is 0 Å². The van der Waals surface area contributed by atoms with Crippen LogP contribution in [-0.2, 0) is 4.79 Å². The molecule has 17 heavy (non-hydrogen) atoms. The molecule has 1 atom stereocenters. The smallest absolute Gasteiger partial charge is 0.344 e. The van der Waals surface area contributed by atoms with Crippen LogP contribution in [0.15, 0.2) is 22.7 Å². The predicted octanol–water partition coefficient (Wildman–Crippen LogP) is 3.78. The second kappa shape index (κ2) is 6.64. The fraction of sp³-hybridized carbons (Fsp3) is 0.462. The molecule has 3 nitrogen and oxygen atoms in total. The van der Waals surface area contributed by atoms with Crippen molar-refractivity contribution in [2.45, 2.75) is 39.2 Å². The number of ether oxygens (including phenoxy) is 1. The molecule has 1 aromatic rings. The van der Waals surface area contributed by atoms with Crippen LogP contribution in [0.25, 0.3) is 0 Å². The highest BCUT2D eigenvalue weighted by Crippen LogP contribution is 2.27. The third-order valence-corrected chi connectivity index (χ3v) is 3.07. The molecule has 1 N–H and O–H groups in total. The van der Waals surface area contributed by atoms with Gasteiger partial charge in [0.2, 0.25) is 0 Å².